The molecule has 2 amide bonds. The van der Waals surface area contributed by atoms with Crippen LogP contribution >= 0.6 is 0 Å². The van der Waals surface area contributed by atoms with Crippen molar-refractivity contribution in [2.24, 2.45) is 5.92 Å². The first-order valence-electron chi connectivity index (χ1n) is 8.47. The summed E-state index contributed by atoms with van der Waals surface area (Å²) in [5.74, 6) is -1.32. The molecular weight excluding hydrogens is 320 g/mol. The Labute approximate surface area is 148 Å². The first-order valence-corrected chi connectivity index (χ1v) is 8.47. The Morgan fingerprint density at radius 1 is 1.20 bits per heavy atom. The molecule has 0 bridgehead atoms. The molecule has 2 rings (SSSR count). The fraction of sp³-hybridized carbons (Fsp3) is 0.526. The minimum atomic E-state index is -0.807. The average Bonchev–Trinajstić information content (AvgIpc) is 2.48. The predicted octanol–water partition coefficient (Wildman–Crippen LogP) is 2.53. The van der Waals surface area contributed by atoms with Crippen LogP contribution in [0.1, 0.15) is 46.6 Å². The van der Waals surface area contributed by atoms with Gasteiger partial charge in [-0.1, -0.05) is 37.3 Å². The number of hydrazine groups is 1. The molecular formula is C19H26N2O4. The first kappa shape index (κ1) is 19.0. The van der Waals surface area contributed by atoms with Gasteiger partial charge in [-0.25, -0.2) is 14.8 Å². The third-order valence-electron chi connectivity index (χ3n) is 3.99. The van der Waals surface area contributed by atoms with Gasteiger partial charge in [0.1, 0.15) is 5.60 Å². The highest BCUT2D eigenvalue weighted by Gasteiger charge is 2.45. The standard InChI is InChI=1S/C19H26N2O4/c1-13-11-16(23)20(12-15-9-7-6-8-10-15)21(14(2)22)17(13)18(24)25-19(3,4)5/h6-10,13,17H,11-12H2,1-5H3/t13-,17+/m1/s1. The van der Waals surface area contributed by atoms with Crippen LogP contribution in [0.25, 0.3) is 0 Å². The normalized spacial score (nSPS) is 21.2. The third-order valence-corrected chi connectivity index (χ3v) is 3.99. The van der Waals surface area contributed by atoms with Crippen molar-refractivity contribution in [1.82, 2.24) is 10.0 Å². The lowest BCUT2D eigenvalue weighted by Crippen LogP contribution is -2.63. The highest BCUT2D eigenvalue weighted by molar-refractivity contribution is 5.89. The lowest BCUT2D eigenvalue weighted by Gasteiger charge is -2.45. The van der Waals surface area contributed by atoms with Gasteiger partial charge < -0.3 is 4.74 Å². The molecule has 0 N–H and O–H groups in total. The average molecular weight is 346 g/mol. The van der Waals surface area contributed by atoms with Gasteiger partial charge in [0, 0.05) is 13.3 Å². The van der Waals surface area contributed by atoms with E-state index >= 15 is 0 Å². The molecule has 136 valence electrons. The second kappa shape index (κ2) is 7.25. The zero-order valence-corrected chi connectivity index (χ0v) is 15.5. The number of hydrogen-bond acceptors (Lipinski definition) is 4. The van der Waals surface area contributed by atoms with E-state index in [2.05, 4.69) is 0 Å². The summed E-state index contributed by atoms with van der Waals surface area (Å²) >= 11 is 0. The molecule has 1 saturated heterocycles. The van der Waals surface area contributed by atoms with Gasteiger partial charge in [-0.2, -0.15) is 0 Å². The van der Waals surface area contributed by atoms with Gasteiger partial charge in [-0.05, 0) is 32.3 Å². The lowest BCUT2D eigenvalue weighted by molar-refractivity contribution is -0.195. The number of ether oxygens (including phenoxy) is 1. The Bertz CT molecular complexity index is 651. The number of nitrogens with zero attached hydrogens (tertiary/aromatic N) is 2. The Kier molecular flexibility index (Phi) is 5.50. The molecule has 0 saturated carbocycles. The van der Waals surface area contributed by atoms with Gasteiger partial charge in [0.2, 0.25) is 11.8 Å². The number of amides is 2. The predicted molar refractivity (Wildman–Crippen MR) is 92.9 cm³/mol. The van der Waals surface area contributed by atoms with Crippen LogP contribution in [0.2, 0.25) is 0 Å². The number of carbonyl (C=O) groups excluding carboxylic acids is 3. The molecule has 0 aromatic heterocycles. The van der Waals surface area contributed by atoms with E-state index in [1.54, 1.807) is 27.7 Å². The molecule has 25 heavy (non-hydrogen) atoms. The quantitative estimate of drug-likeness (QED) is 0.789. The number of hydrogen-bond donors (Lipinski definition) is 0. The second-order valence-corrected chi connectivity index (χ2v) is 7.46. The fourth-order valence-electron chi connectivity index (χ4n) is 2.98. The molecule has 1 aliphatic heterocycles. The largest absolute Gasteiger partial charge is 0.458 e. The summed E-state index contributed by atoms with van der Waals surface area (Å²) in [5, 5.41) is 2.63. The molecule has 2 atom stereocenters. The van der Waals surface area contributed by atoms with E-state index in [1.165, 1.54) is 16.9 Å². The minimum absolute atomic E-state index is 0.175. The van der Waals surface area contributed by atoms with Gasteiger partial charge in [-0.15, -0.1) is 0 Å². The monoisotopic (exact) mass is 346 g/mol. The van der Waals surface area contributed by atoms with Gasteiger partial charge in [0.25, 0.3) is 0 Å². The summed E-state index contributed by atoms with van der Waals surface area (Å²) in [6.07, 6.45) is 0.195. The van der Waals surface area contributed by atoms with Crippen molar-refractivity contribution in [3.8, 4) is 0 Å². The molecule has 0 radical (unpaired) electrons. The van der Waals surface area contributed by atoms with Gasteiger partial charge >= 0.3 is 5.97 Å². The van der Waals surface area contributed by atoms with Crippen molar-refractivity contribution in [3.63, 3.8) is 0 Å². The number of rotatable bonds is 3. The number of carbonyl (C=O) groups is 3. The summed E-state index contributed by atoms with van der Waals surface area (Å²) in [4.78, 5) is 37.5. The van der Waals surface area contributed by atoms with Gasteiger partial charge in [-0.3, -0.25) is 9.59 Å². The Morgan fingerprint density at radius 2 is 1.80 bits per heavy atom. The smallest absolute Gasteiger partial charge is 0.331 e. The summed E-state index contributed by atoms with van der Waals surface area (Å²) in [6, 6.07) is 8.58. The van der Waals surface area contributed by atoms with E-state index in [4.69, 9.17) is 4.74 Å². The van der Waals surface area contributed by atoms with Gasteiger partial charge in [0.15, 0.2) is 6.04 Å². The van der Waals surface area contributed by atoms with Crippen molar-refractivity contribution in [1.29, 1.82) is 0 Å². The Balaban J connectivity index is 2.33. The van der Waals surface area contributed by atoms with Crippen LogP contribution in [0.3, 0.4) is 0 Å². The Morgan fingerprint density at radius 3 is 2.32 bits per heavy atom. The summed E-state index contributed by atoms with van der Waals surface area (Å²) in [6.45, 7) is 8.74. The molecule has 6 heteroatoms. The maximum absolute atomic E-state index is 12.7. The van der Waals surface area contributed by atoms with E-state index in [-0.39, 0.29) is 30.7 Å². The summed E-state index contributed by atoms with van der Waals surface area (Å²) in [7, 11) is 0. The molecule has 0 aliphatic carbocycles. The van der Waals surface area contributed by atoms with E-state index in [9.17, 15) is 14.4 Å². The molecule has 1 heterocycles. The molecule has 1 aromatic carbocycles. The maximum atomic E-state index is 12.7. The molecule has 0 spiro atoms. The van der Waals surface area contributed by atoms with E-state index < -0.39 is 17.6 Å². The van der Waals surface area contributed by atoms with Crippen LogP contribution in [0.4, 0.5) is 0 Å². The maximum Gasteiger partial charge on any atom is 0.331 e. The zero-order valence-electron chi connectivity index (χ0n) is 15.5. The van der Waals surface area contributed by atoms with Crippen molar-refractivity contribution in [2.45, 2.75) is 59.2 Å². The molecule has 6 nitrogen and oxygen atoms in total. The second-order valence-electron chi connectivity index (χ2n) is 7.46. The molecule has 1 fully saturated rings. The fourth-order valence-corrected chi connectivity index (χ4v) is 2.98. The summed E-state index contributed by atoms with van der Waals surface area (Å²) in [5.41, 5.74) is 0.227. The zero-order chi connectivity index (χ0) is 18.8. The Hall–Kier alpha value is -2.37. The van der Waals surface area contributed by atoms with Crippen molar-refractivity contribution >= 4 is 17.8 Å². The SMILES string of the molecule is CC(=O)N1[C@H](C(=O)OC(C)(C)C)[C@H](C)CC(=O)N1Cc1ccccc1. The highest BCUT2D eigenvalue weighted by atomic mass is 16.6. The van der Waals surface area contributed by atoms with E-state index in [1.807, 2.05) is 30.3 Å². The van der Waals surface area contributed by atoms with Crippen LogP contribution in [-0.4, -0.2) is 39.4 Å². The number of benzene rings is 1. The topological polar surface area (TPSA) is 66.9 Å². The first-order chi connectivity index (χ1) is 11.6. The van der Waals surface area contributed by atoms with Crippen LogP contribution in [-0.2, 0) is 25.7 Å². The molecule has 1 aromatic rings. The number of esters is 1. The lowest BCUT2D eigenvalue weighted by atomic mass is 9.94. The van der Waals surface area contributed by atoms with Crippen LogP contribution in [0.15, 0.2) is 30.3 Å². The highest BCUT2D eigenvalue weighted by Crippen LogP contribution is 2.28. The minimum Gasteiger partial charge on any atom is -0.458 e. The molecule has 1 aliphatic rings. The molecule has 0 unspecified atom stereocenters. The van der Waals surface area contributed by atoms with Crippen molar-refractivity contribution < 1.29 is 19.1 Å². The van der Waals surface area contributed by atoms with Gasteiger partial charge in [0.05, 0.1) is 6.54 Å². The van der Waals surface area contributed by atoms with Crippen molar-refractivity contribution in [3.05, 3.63) is 35.9 Å². The van der Waals surface area contributed by atoms with Crippen LogP contribution in [0.5, 0.6) is 0 Å². The summed E-state index contributed by atoms with van der Waals surface area (Å²) < 4.78 is 5.49. The van der Waals surface area contributed by atoms with Crippen molar-refractivity contribution in [2.75, 3.05) is 0 Å². The van der Waals surface area contributed by atoms with E-state index in [0.29, 0.717) is 0 Å². The third kappa shape index (κ3) is 4.59. The van der Waals surface area contributed by atoms with E-state index in [0.717, 1.165) is 5.56 Å². The van der Waals surface area contributed by atoms with Crippen LogP contribution in [0, 0.1) is 5.92 Å². The van der Waals surface area contributed by atoms with Crippen LogP contribution < -0.4 is 0 Å².